The van der Waals surface area contributed by atoms with Crippen molar-refractivity contribution in [3.63, 3.8) is 0 Å². The summed E-state index contributed by atoms with van der Waals surface area (Å²) in [5, 5.41) is 17.3. The third-order valence-corrected chi connectivity index (χ3v) is 6.52. The van der Waals surface area contributed by atoms with Crippen molar-refractivity contribution in [2.45, 2.75) is 13.8 Å². The lowest BCUT2D eigenvalue weighted by Crippen LogP contribution is -2.29. The van der Waals surface area contributed by atoms with Crippen LogP contribution in [0.5, 0.6) is 0 Å². The van der Waals surface area contributed by atoms with Gasteiger partial charge in [0.25, 0.3) is 0 Å². The molecule has 176 valence electrons. The molecule has 4 aromatic carbocycles. The van der Waals surface area contributed by atoms with E-state index in [2.05, 4.69) is 54.5 Å². The first kappa shape index (κ1) is 28.7. The van der Waals surface area contributed by atoms with Gasteiger partial charge in [-0.1, -0.05) is 65.7 Å². The Balaban J connectivity index is 0.000000189. The van der Waals surface area contributed by atoms with Crippen molar-refractivity contribution in [2.24, 2.45) is 0 Å². The van der Waals surface area contributed by atoms with Crippen molar-refractivity contribution in [3.05, 3.63) is 120 Å². The molecular weight excluding hydrogens is 680 g/mol. The second-order valence-electron chi connectivity index (χ2n) is 7.34. The molecule has 0 heterocycles. The molecule has 0 saturated carbocycles. The normalized spacial score (nSPS) is 9.91. The molecular formula is C26H22BBr2F2IO2. The molecule has 0 unspecified atom stereocenters. The maximum Gasteiger partial charge on any atom is 0.488 e. The summed E-state index contributed by atoms with van der Waals surface area (Å²) in [5.41, 5.74) is 4.79. The molecule has 0 fully saturated rings. The van der Waals surface area contributed by atoms with Crippen LogP contribution in [0.3, 0.4) is 0 Å². The maximum absolute atomic E-state index is 13.3. The van der Waals surface area contributed by atoms with E-state index in [0.29, 0.717) is 14.4 Å². The first-order valence-electron chi connectivity index (χ1n) is 10.1. The quantitative estimate of drug-likeness (QED) is 0.130. The molecule has 0 bridgehead atoms. The topological polar surface area (TPSA) is 40.5 Å². The summed E-state index contributed by atoms with van der Waals surface area (Å²) in [5.74, 6) is -0.435. The average Bonchev–Trinajstić information content (AvgIpc) is 2.80. The number of rotatable bonds is 2. The number of hydrogen-bond acceptors (Lipinski definition) is 2. The SMILES string of the molecule is Cc1ccc(-c2ccc(Br)c(F)c2)cc1.Cc1ccc(B(O)O)cc1.Fc1cc(I)ccc1Br. The molecule has 2 nitrogen and oxygen atoms in total. The van der Waals surface area contributed by atoms with Crippen LogP contribution in [-0.2, 0) is 0 Å². The predicted molar refractivity (Wildman–Crippen MR) is 152 cm³/mol. The zero-order valence-corrected chi connectivity index (χ0v) is 23.8. The predicted octanol–water partition coefficient (Wildman–Crippen LogP) is 7.43. The van der Waals surface area contributed by atoms with Crippen LogP contribution in [0.25, 0.3) is 11.1 Å². The van der Waals surface area contributed by atoms with Crippen LogP contribution in [0.15, 0.2) is 93.9 Å². The van der Waals surface area contributed by atoms with E-state index >= 15 is 0 Å². The highest BCUT2D eigenvalue weighted by atomic mass is 127. The minimum Gasteiger partial charge on any atom is -0.423 e. The van der Waals surface area contributed by atoms with Crippen LogP contribution < -0.4 is 5.46 Å². The summed E-state index contributed by atoms with van der Waals surface area (Å²) in [6.45, 7) is 3.99. The number of benzene rings is 4. The number of aryl methyl sites for hydroxylation is 2. The van der Waals surface area contributed by atoms with E-state index < -0.39 is 7.12 Å². The number of hydrogen-bond donors (Lipinski definition) is 2. The maximum atomic E-state index is 13.3. The minimum atomic E-state index is -1.35. The fourth-order valence-corrected chi connectivity index (χ4v) is 3.58. The first-order valence-corrected chi connectivity index (χ1v) is 12.8. The summed E-state index contributed by atoms with van der Waals surface area (Å²) in [6.07, 6.45) is 0. The van der Waals surface area contributed by atoms with Gasteiger partial charge in [-0.3, -0.25) is 0 Å². The summed E-state index contributed by atoms with van der Waals surface area (Å²) in [6, 6.07) is 25.3. The molecule has 2 N–H and O–H groups in total. The van der Waals surface area contributed by atoms with E-state index in [0.717, 1.165) is 20.3 Å². The Morgan fingerprint density at radius 3 is 1.53 bits per heavy atom. The second-order valence-corrected chi connectivity index (χ2v) is 10.3. The Bertz CT molecular complexity index is 1200. The van der Waals surface area contributed by atoms with E-state index in [-0.39, 0.29) is 11.6 Å². The molecule has 0 amide bonds. The first-order chi connectivity index (χ1) is 16.1. The van der Waals surface area contributed by atoms with Gasteiger partial charge in [-0.25, -0.2) is 8.78 Å². The van der Waals surface area contributed by atoms with E-state index in [1.807, 2.05) is 62.4 Å². The molecule has 0 spiro atoms. The smallest absolute Gasteiger partial charge is 0.423 e. The van der Waals surface area contributed by atoms with Gasteiger partial charge in [0.2, 0.25) is 0 Å². The van der Waals surface area contributed by atoms with Gasteiger partial charge in [-0.05, 0) is 115 Å². The second kappa shape index (κ2) is 14.1. The Hall–Kier alpha value is -1.59. The lowest BCUT2D eigenvalue weighted by Gasteiger charge is -2.03. The van der Waals surface area contributed by atoms with Crippen LogP contribution in [0, 0.1) is 29.1 Å². The van der Waals surface area contributed by atoms with E-state index in [9.17, 15) is 8.78 Å². The molecule has 0 aromatic heterocycles. The molecule has 4 aromatic rings. The Labute approximate surface area is 229 Å². The van der Waals surface area contributed by atoms with Crippen molar-refractivity contribution < 1.29 is 18.8 Å². The average molecular weight is 702 g/mol. The third-order valence-electron chi connectivity index (χ3n) is 4.56. The van der Waals surface area contributed by atoms with Crippen LogP contribution >= 0.6 is 54.5 Å². The van der Waals surface area contributed by atoms with Gasteiger partial charge >= 0.3 is 7.12 Å². The molecule has 0 aliphatic heterocycles. The van der Waals surface area contributed by atoms with Crippen molar-refractivity contribution in [2.75, 3.05) is 0 Å². The highest BCUT2D eigenvalue weighted by Gasteiger charge is 2.08. The van der Waals surface area contributed by atoms with Crippen molar-refractivity contribution in [1.82, 2.24) is 0 Å². The fraction of sp³-hybridized carbons (Fsp3) is 0.0769. The molecule has 8 heteroatoms. The molecule has 0 radical (unpaired) electrons. The van der Waals surface area contributed by atoms with Crippen molar-refractivity contribution in [1.29, 1.82) is 0 Å². The molecule has 34 heavy (non-hydrogen) atoms. The Morgan fingerprint density at radius 2 is 1.09 bits per heavy atom. The summed E-state index contributed by atoms with van der Waals surface area (Å²) in [7, 11) is -1.35. The molecule has 0 aliphatic carbocycles. The van der Waals surface area contributed by atoms with E-state index in [1.54, 1.807) is 24.3 Å². The largest absolute Gasteiger partial charge is 0.488 e. The molecule has 4 rings (SSSR count). The van der Waals surface area contributed by atoms with Crippen molar-refractivity contribution in [3.8, 4) is 11.1 Å². The van der Waals surface area contributed by atoms with Crippen LogP contribution in [0.2, 0.25) is 0 Å². The lowest BCUT2D eigenvalue weighted by molar-refractivity contribution is 0.426. The standard InChI is InChI=1S/C13H10BrF.C7H9BO2.C6H3BrFI/c1-9-2-4-10(5-3-9)11-6-7-12(14)13(15)8-11;1-6-2-4-7(5-3-6)8(9)10;7-5-2-1-4(9)3-6(5)8/h2-8H,1H3;2-5,9-10H,1H3;1-3H. The van der Waals surface area contributed by atoms with E-state index in [1.165, 1.54) is 17.7 Å². The number of halogens is 5. The highest BCUT2D eigenvalue weighted by Crippen LogP contribution is 2.24. The van der Waals surface area contributed by atoms with Gasteiger partial charge in [0, 0.05) is 3.57 Å². The fourth-order valence-electron chi connectivity index (χ4n) is 2.63. The minimum absolute atomic E-state index is 0.207. The van der Waals surface area contributed by atoms with Gasteiger partial charge in [0.15, 0.2) is 0 Å². The summed E-state index contributed by atoms with van der Waals surface area (Å²) >= 11 is 8.25. The van der Waals surface area contributed by atoms with Gasteiger partial charge in [-0.15, -0.1) is 0 Å². The molecule has 0 atom stereocenters. The monoisotopic (exact) mass is 700 g/mol. The van der Waals surface area contributed by atoms with Crippen LogP contribution in [-0.4, -0.2) is 17.2 Å². The Morgan fingerprint density at radius 1 is 0.647 bits per heavy atom. The Kier molecular flexibility index (Phi) is 11.9. The van der Waals surface area contributed by atoms with Crippen LogP contribution in [0.1, 0.15) is 11.1 Å². The van der Waals surface area contributed by atoms with Crippen molar-refractivity contribution >= 4 is 67.0 Å². The highest BCUT2D eigenvalue weighted by molar-refractivity contribution is 14.1. The van der Waals surface area contributed by atoms with Gasteiger partial charge in [0.1, 0.15) is 11.6 Å². The zero-order valence-electron chi connectivity index (χ0n) is 18.4. The van der Waals surface area contributed by atoms with E-state index in [4.69, 9.17) is 10.0 Å². The van der Waals surface area contributed by atoms with Gasteiger partial charge in [-0.2, -0.15) is 0 Å². The molecule has 0 saturated heterocycles. The van der Waals surface area contributed by atoms with Crippen LogP contribution in [0.4, 0.5) is 8.78 Å². The summed E-state index contributed by atoms with van der Waals surface area (Å²) in [4.78, 5) is 0. The molecule has 0 aliphatic rings. The third kappa shape index (κ3) is 9.58. The van der Waals surface area contributed by atoms with Gasteiger partial charge in [0.05, 0.1) is 8.95 Å². The van der Waals surface area contributed by atoms with Gasteiger partial charge < -0.3 is 10.0 Å². The zero-order chi connectivity index (χ0) is 25.3. The lowest BCUT2D eigenvalue weighted by atomic mass is 9.80. The summed E-state index contributed by atoms with van der Waals surface area (Å²) < 4.78 is 27.8.